The average Bonchev–Trinajstić information content (AvgIpc) is 2.90. The quantitative estimate of drug-likeness (QED) is 0.226. The molecule has 1 nitrogen and oxygen atoms in total. The third kappa shape index (κ3) is 6.31. The van der Waals surface area contributed by atoms with E-state index in [1.807, 2.05) is 43.4 Å². The first-order chi connectivity index (χ1) is 17.8. The SMILES string of the molecule is C=C(/C=C\C=C/C)c1ccc(N(c2ccc(Cl)cc2)c2ccc(-c3ccccc3)cc2)cc1C(C)(C)C. The molecular weight excluding hydrogens is 470 g/mol. The Morgan fingerprint density at radius 1 is 0.730 bits per heavy atom. The van der Waals surface area contributed by atoms with E-state index in [1.165, 1.54) is 16.7 Å². The minimum atomic E-state index is -0.0639. The predicted molar refractivity (Wildman–Crippen MR) is 163 cm³/mol. The van der Waals surface area contributed by atoms with Crippen LogP contribution in [-0.4, -0.2) is 0 Å². The summed E-state index contributed by atoms with van der Waals surface area (Å²) in [6.07, 6.45) is 8.16. The standard InChI is InChI=1S/C35H34ClN/c1-6-7-9-12-26(2)33-24-23-32(25-34(33)35(3,4)5)37(31-21-17-29(36)18-22-31)30-19-15-28(16-20-30)27-13-10-8-11-14-27/h6-25H,2H2,1,3-5H3/b7-6-,12-9-. The lowest BCUT2D eigenvalue weighted by atomic mass is 9.81. The molecule has 0 heterocycles. The van der Waals surface area contributed by atoms with Gasteiger partial charge in [-0.05, 0) is 88.7 Å². The maximum Gasteiger partial charge on any atom is 0.0464 e. The lowest BCUT2D eigenvalue weighted by molar-refractivity contribution is 0.589. The summed E-state index contributed by atoms with van der Waals surface area (Å²) in [6.45, 7) is 13.1. The molecule has 0 aliphatic carbocycles. The Hall–Kier alpha value is -3.81. The van der Waals surface area contributed by atoms with Gasteiger partial charge >= 0.3 is 0 Å². The monoisotopic (exact) mass is 503 g/mol. The average molecular weight is 504 g/mol. The summed E-state index contributed by atoms with van der Waals surface area (Å²) in [4.78, 5) is 2.28. The molecule has 0 saturated carbocycles. The minimum Gasteiger partial charge on any atom is -0.310 e. The Kier molecular flexibility index (Phi) is 8.16. The summed E-state index contributed by atoms with van der Waals surface area (Å²) in [6, 6.07) is 33.9. The maximum absolute atomic E-state index is 6.25. The molecule has 0 aliphatic rings. The van der Waals surface area contributed by atoms with Crippen LogP contribution in [0.5, 0.6) is 0 Å². The van der Waals surface area contributed by atoms with Crippen molar-refractivity contribution >= 4 is 34.2 Å². The van der Waals surface area contributed by atoms with Gasteiger partial charge in [-0.25, -0.2) is 0 Å². The second-order valence-corrected chi connectivity index (χ2v) is 10.6. The molecule has 0 N–H and O–H groups in total. The Labute approximate surface area is 227 Å². The lowest BCUT2D eigenvalue weighted by Crippen LogP contribution is -2.16. The summed E-state index contributed by atoms with van der Waals surface area (Å²) >= 11 is 6.25. The van der Waals surface area contributed by atoms with Crippen molar-refractivity contribution < 1.29 is 0 Å². The molecule has 4 aromatic rings. The van der Waals surface area contributed by atoms with Crippen LogP contribution in [-0.2, 0) is 5.41 Å². The van der Waals surface area contributed by atoms with E-state index >= 15 is 0 Å². The molecule has 0 bridgehead atoms. The molecule has 4 rings (SSSR count). The molecule has 0 unspecified atom stereocenters. The van der Waals surface area contributed by atoms with E-state index < -0.39 is 0 Å². The van der Waals surface area contributed by atoms with E-state index in [9.17, 15) is 0 Å². The summed E-state index contributed by atoms with van der Waals surface area (Å²) in [5.74, 6) is 0. The fraction of sp³-hybridized carbons (Fsp3) is 0.143. The van der Waals surface area contributed by atoms with Crippen molar-refractivity contribution in [2.24, 2.45) is 0 Å². The van der Waals surface area contributed by atoms with Crippen molar-refractivity contribution in [2.75, 3.05) is 4.90 Å². The Morgan fingerprint density at radius 3 is 1.89 bits per heavy atom. The zero-order chi connectivity index (χ0) is 26.4. The van der Waals surface area contributed by atoms with Crippen LogP contribution in [0.15, 0.2) is 128 Å². The first-order valence-electron chi connectivity index (χ1n) is 12.6. The van der Waals surface area contributed by atoms with Crippen molar-refractivity contribution in [3.63, 3.8) is 0 Å². The van der Waals surface area contributed by atoms with Crippen LogP contribution in [0.1, 0.15) is 38.8 Å². The van der Waals surface area contributed by atoms with Gasteiger partial charge in [0, 0.05) is 22.1 Å². The van der Waals surface area contributed by atoms with Crippen molar-refractivity contribution in [3.8, 4) is 11.1 Å². The number of benzene rings is 4. The van der Waals surface area contributed by atoms with Crippen molar-refractivity contribution in [1.82, 2.24) is 0 Å². The summed E-state index contributed by atoms with van der Waals surface area (Å²) in [7, 11) is 0. The number of hydrogen-bond acceptors (Lipinski definition) is 1. The second kappa shape index (κ2) is 11.5. The van der Waals surface area contributed by atoms with Crippen molar-refractivity contribution in [2.45, 2.75) is 33.1 Å². The van der Waals surface area contributed by atoms with Crippen LogP contribution in [0.3, 0.4) is 0 Å². The third-order valence-electron chi connectivity index (χ3n) is 6.33. The molecule has 4 aromatic carbocycles. The van der Waals surface area contributed by atoms with Crippen LogP contribution >= 0.6 is 11.6 Å². The molecule has 186 valence electrons. The largest absolute Gasteiger partial charge is 0.310 e. The fourth-order valence-corrected chi connectivity index (χ4v) is 4.54. The highest BCUT2D eigenvalue weighted by molar-refractivity contribution is 6.30. The molecule has 0 aliphatic heterocycles. The number of allylic oxidation sites excluding steroid dienone is 5. The van der Waals surface area contributed by atoms with Crippen LogP contribution in [0.25, 0.3) is 16.7 Å². The van der Waals surface area contributed by atoms with E-state index in [2.05, 4.69) is 117 Å². The normalized spacial score (nSPS) is 11.8. The third-order valence-corrected chi connectivity index (χ3v) is 6.59. The van der Waals surface area contributed by atoms with Gasteiger partial charge in [0.2, 0.25) is 0 Å². The van der Waals surface area contributed by atoms with E-state index in [4.69, 9.17) is 11.6 Å². The van der Waals surface area contributed by atoms with Gasteiger partial charge in [0.15, 0.2) is 0 Å². The molecule has 0 amide bonds. The molecule has 0 atom stereocenters. The van der Waals surface area contributed by atoms with Gasteiger partial charge in [-0.2, -0.15) is 0 Å². The summed E-state index contributed by atoms with van der Waals surface area (Å²) in [5, 5.41) is 0.720. The number of nitrogens with zero attached hydrogens (tertiary/aromatic N) is 1. The van der Waals surface area contributed by atoms with Crippen LogP contribution < -0.4 is 4.90 Å². The number of rotatable bonds is 7. The van der Waals surface area contributed by atoms with Gasteiger partial charge in [-0.1, -0.05) is 112 Å². The highest BCUT2D eigenvalue weighted by Gasteiger charge is 2.22. The Balaban J connectivity index is 1.83. The summed E-state index contributed by atoms with van der Waals surface area (Å²) in [5.41, 5.74) is 8.97. The topological polar surface area (TPSA) is 3.24 Å². The Morgan fingerprint density at radius 2 is 1.30 bits per heavy atom. The minimum absolute atomic E-state index is 0.0639. The highest BCUT2D eigenvalue weighted by atomic mass is 35.5. The number of hydrogen-bond donors (Lipinski definition) is 0. The first-order valence-corrected chi connectivity index (χ1v) is 13.0. The second-order valence-electron chi connectivity index (χ2n) is 10.1. The van der Waals surface area contributed by atoms with Crippen molar-refractivity contribution in [3.05, 3.63) is 144 Å². The molecule has 2 heteroatoms. The van der Waals surface area contributed by atoms with Gasteiger partial charge in [0.1, 0.15) is 0 Å². The van der Waals surface area contributed by atoms with Crippen LogP contribution in [0, 0.1) is 0 Å². The van der Waals surface area contributed by atoms with E-state index in [-0.39, 0.29) is 5.41 Å². The first kappa shape index (κ1) is 26.3. The van der Waals surface area contributed by atoms with Gasteiger partial charge in [0.25, 0.3) is 0 Å². The molecule has 0 spiro atoms. The number of halogens is 1. The molecule has 0 aromatic heterocycles. The van der Waals surface area contributed by atoms with E-state index in [0.717, 1.165) is 33.2 Å². The van der Waals surface area contributed by atoms with Crippen molar-refractivity contribution in [1.29, 1.82) is 0 Å². The zero-order valence-electron chi connectivity index (χ0n) is 22.1. The molecule has 0 fully saturated rings. The van der Waals surface area contributed by atoms with Gasteiger partial charge < -0.3 is 4.90 Å². The van der Waals surface area contributed by atoms with Gasteiger partial charge in [-0.3, -0.25) is 0 Å². The fourth-order valence-electron chi connectivity index (χ4n) is 4.42. The molecule has 0 radical (unpaired) electrons. The predicted octanol–water partition coefficient (Wildman–Crippen LogP) is 10.9. The molecule has 37 heavy (non-hydrogen) atoms. The van der Waals surface area contributed by atoms with Gasteiger partial charge in [0.05, 0.1) is 0 Å². The van der Waals surface area contributed by atoms with Crippen LogP contribution in [0.4, 0.5) is 17.1 Å². The van der Waals surface area contributed by atoms with Gasteiger partial charge in [-0.15, -0.1) is 0 Å². The highest BCUT2D eigenvalue weighted by Crippen LogP contribution is 2.40. The zero-order valence-corrected chi connectivity index (χ0v) is 22.8. The number of anilines is 3. The van der Waals surface area contributed by atoms with Crippen LogP contribution in [0.2, 0.25) is 5.02 Å². The maximum atomic E-state index is 6.25. The van der Waals surface area contributed by atoms with E-state index in [1.54, 1.807) is 0 Å². The molecule has 0 saturated heterocycles. The smallest absolute Gasteiger partial charge is 0.0464 e. The van der Waals surface area contributed by atoms with E-state index in [0.29, 0.717) is 0 Å². The Bertz CT molecular complexity index is 1400. The molecular formula is C35H34ClN. The summed E-state index contributed by atoms with van der Waals surface area (Å²) < 4.78 is 0. The lowest BCUT2D eigenvalue weighted by Gasteiger charge is -2.30.